The lowest BCUT2D eigenvalue weighted by molar-refractivity contribution is 0.0764. The third kappa shape index (κ3) is 3.33. The highest BCUT2D eigenvalue weighted by molar-refractivity contribution is 5.94. The fraction of sp³-hybridized carbons (Fsp3) is 0.533. The molecule has 1 aromatic carbocycles. The van der Waals surface area contributed by atoms with Crippen molar-refractivity contribution in [3.05, 3.63) is 35.4 Å². The Bertz CT molecular complexity index is 411. The molecule has 1 aliphatic heterocycles. The minimum absolute atomic E-state index is 0.129. The first-order chi connectivity index (χ1) is 8.66. The van der Waals surface area contributed by atoms with E-state index in [9.17, 15) is 4.79 Å². The third-order valence-corrected chi connectivity index (χ3v) is 3.54. The van der Waals surface area contributed by atoms with Gasteiger partial charge in [0.25, 0.3) is 5.91 Å². The second kappa shape index (κ2) is 6.01. The maximum Gasteiger partial charge on any atom is 0.253 e. The fourth-order valence-corrected chi connectivity index (χ4v) is 2.55. The van der Waals surface area contributed by atoms with Crippen LogP contribution in [0.4, 0.5) is 0 Å². The zero-order valence-electron chi connectivity index (χ0n) is 11.3. The molecule has 18 heavy (non-hydrogen) atoms. The van der Waals surface area contributed by atoms with Crippen molar-refractivity contribution >= 4 is 5.91 Å². The van der Waals surface area contributed by atoms with Gasteiger partial charge in [0.1, 0.15) is 0 Å². The van der Waals surface area contributed by atoms with Gasteiger partial charge in [0, 0.05) is 19.2 Å². The molecular weight excluding hydrogens is 224 g/mol. The summed E-state index contributed by atoms with van der Waals surface area (Å²) in [6, 6.07) is 7.81. The second-order valence-corrected chi connectivity index (χ2v) is 5.27. The molecule has 1 fully saturated rings. The van der Waals surface area contributed by atoms with Gasteiger partial charge < -0.3 is 10.2 Å². The van der Waals surface area contributed by atoms with Gasteiger partial charge in [-0.1, -0.05) is 17.7 Å². The standard InChI is InChI=1S/C15H22N2O/c1-12-5-3-7-14(9-12)15(18)17(2)11-13-6-4-8-16-10-13/h3,5,7,9,13,16H,4,6,8,10-11H2,1-2H3. The van der Waals surface area contributed by atoms with E-state index >= 15 is 0 Å². The minimum Gasteiger partial charge on any atom is -0.341 e. The number of piperidine rings is 1. The number of hydrogen-bond donors (Lipinski definition) is 1. The second-order valence-electron chi connectivity index (χ2n) is 5.27. The van der Waals surface area contributed by atoms with Crippen molar-refractivity contribution in [2.24, 2.45) is 5.92 Å². The first-order valence-electron chi connectivity index (χ1n) is 6.69. The number of nitrogens with zero attached hydrogens (tertiary/aromatic N) is 1. The Hall–Kier alpha value is -1.35. The molecule has 0 spiro atoms. The number of amides is 1. The van der Waals surface area contributed by atoms with Gasteiger partial charge >= 0.3 is 0 Å². The van der Waals surface area contributed by atoms with Crippen LogP contribution in [0.15, 0.2) is 24.3 Å². The molecule has 2 rings (SSSR count). The van der Waals surface area contributed by atoms with Gasteiger partial charge in [-0.15, -0.1) is 0 Å². The molecule has 1 N–H and O–H groups in total. The van der Waals surface area contributed by atoms with E-state index in [-0.39, 0.29) is 5.91 Å². The van der Waals surface area contributed by atoms with Gasteiger partial charge in [-0.3, -0.25) is 4.79 Å². The highest BCUT2D eigenvalue weighted by Gasteiger charge is 2.18. The summed E-state index contributed by atoms with van der Waals surface area (Å²) in [6.07, 6.45) is 2.44. The summed E-state index contributed by atoms with van der Waals surface area (Å²) in [5.74, 6) is 0.724. The zero-order valence-corrected chi connectivity index (χ0v) is 11.3. The predicted molar refractivity (Wildman–Crippen MR) is 73.7 cm³/mol. The number of carbonyl (C=O) groups is 1. The molecule has 1 atom stereocenters. The maximum absolute atomic E-state index is 12.3. The van der Waals surface area contributed by atoms with Crippen LogP contribution in [0.25, 0.3) is 0 Å². The molecule has 1 heterocycles. The number of benzene rings is 1. The summed E-state index contributed by atoms with van der Waals surface area (Å²) >= 11 is 0. The van der Waals surface area contributed by atoms with E-state index in [1.165, 1.54) is 12.8 Å². The SMILES string of the molecule is Cc1cccc(C(=O)N(C)CC2CCCNC2)c1. The summed E-state index contributed by atoms with van der Waals surface area (Å²) in [7, 11) is 1.90. The van der Waals surface area contributed by atoms with E-state index in [1.54, 1.807) is 0 Å². The molecule has 98 valence electrons. The molecule has 1 aromatic rings. The summed E-state index contributed by atoms with van der Waals surface area (Å²) in [4.78, 5) is 14.1. The van der Waals surface area contributed by atoms with E-state index in [0.29, 0.717) is 5.92 Å². The van der Waals surface area contributed by atoms with Crippen molar-refractivity contribution in [1.29, 1.82) is 0 Å². The highest BCUT2D eigenvalue weighted by atomic mass is 16.2. The number of carbonyl (C=O) groups excluding carboxylic acids is 1. The van der Waals surface area contributed by atoms with Crippen LogP contribution in [-0.4, -0.2) is 37.5 Å². The molecular formula is C15H22N2O. The summed E-state index contributed by atoms with van der Waals surface area (Å²) in [6.45, 7) is 5.01. The largest absolute Gasteiger partial charge is 0.341 e. The Morgan fingerprint density at radius 3 is 3.00 bits per heavy atom. The van der Waals surface area contributed by atoms with Crippen LogP contribution in [0.2, 0.25) is 0 Å². The first-order valence-corrected chi connectivity index (χ1v) is 6.69. The van der Waals surface area contributed by atoms with Crippen molar-refractivity contribution in [2.45, 2.75) is 19.8 Å². The molecule has 1 saturated heterocycles. The van der Waals surface area contributed by atoms with E-state index < -0.39 is 0 Å². The van der Waals surface area contributed by atoms with Gasteiger partial charge in [0.05, 0.1) is 0 Å². The lowest BCUT2D eigenvalue weighted by Crippen LogP contribution is -2.39. The predicted octanol–water partition coefficient (Wildman–Crippen LogP) is 2.07. The van der Waals surface area contributed by atoms with Crippen LogP contribution in [0.1, 0.15) is 28.8 Å². The lowest BCUT2D eigenvalue weighted by Gasteiger charge is -2.27. The number of rotatable bonds is 3. The van der Waals surface area contributed by atoms with Crippen molar-refractivity contribution in [3.63, 3.8) is 0 Å². The normalized spacial score (nSPS) is 19.6. The Labute approximate surface area is 109 Å². The molecule has 1 unspecified atom stereocenters. The summed E-state index contributed by atoms with van der Waals surface area (Å²) < 4.78 is 0. The zero-order chi connectivity index (χ0) is 13.0. The van der Waals surface area contributed by atoms with Gasteiger partial charge in [0.15, 0.2) is 0 Å². The van der Waals surface area contributed by atoms with Crippen LogP contribution < -0.4 is 5.32 Å². The van der Waals surface area contributed by atoms with Crippen molar-refractivity contribution in [2.75, 3.05) is 26.7 Å². The number of hydrogen-bond acceptors (Lipinski definition) is 2. The molecule has 0 bridgehead atoms. The minimum atomic E-state index is 0.129. The smallest absolute Gasteiger partial charge is 0.253 e. The van der Waals surface area contributed by atoms with Crippen LogP contribution in [0.3, 0.4) is 0 Å². The molecule has 1 amide bonds. The Balaban J connectivity index is 1.95. The Kier molecular flexibility index (Phi) is 4.37. The maximum atomic E-state index is 12.3. The molecule has 0 aliphatic carbocycles. The topological polar surface area (TPSA) is 32.3 Å². The number of aryl methyl sites for hydroxylation is 1. The Morgan fingerprint density at radius 1 is 1.50 bits per heavy atom. The molecule has 1 aliphatic rings. The fourth-order valence-electron chi connectivity index (χ4n) is 2.55. The van der Waals surface area contributed by atoms with Gasteiger partial charge in [-0.2, -0.15) is 0 Å². The van der Waals surface area contributed by atoms with Crippen molar-refractivity contribution in [1.82, 2.24) is 10.2 Å². The van der Waals surface area contributed by atoms with Crippen LogP contribution >= 0.6 is 0 Å². The average Bonchev–Trinajstić information content (AvgIpc) is 2.39. The van der Waals surface area contributed by atoms with Gasteiger partial charge in [-0.25, -0.2) is 0 Å². The summed E-state index contributed by atoms with van der Waals surface area (Å²) in [5, 5.41) is 3.39. The first kappa shape index (κ1) is 13.1. The van der Waals surface area contributed by atoms with E-state index in [2.05, 4.69) is 5.32 Å². The molecule has 3 heteroatoms. The van der Waals surface area contributed by atoms with Crippen LogP contribution in [0.5, 0.6) is 0 Å². The van der Waals surface area contributed by atoms with E-state index in [0.717, 1.165) is 30.8 Å². The third-order valence-electron chi connectivity index (χ3n) is 3.54. The van der Waals surface area contributed by atoms with E-state index in [4.69, 9.17) is 0 Å². The summed E-state index contributed by atoms with van der Waals surface area (Å²) in [5.41, 5.74) is 1.93. The van der Waals surface area contributed by atoms with Crippen LogP contribution in [0, 0.1) is 12.8 Å². The molecule has 0 radical (unpaired) electrons. The highest BCUT2D eigenvalue weighted by Crippen LogP contribution is 2.13. The monoisotopic (exact) mass is 246 g/mol. The molecule has 3 nitrogen and oxygen atoms in total. The van der Waals surface area contributed by atoms with Gasteiger partial charge in [0.2, 0.25) is 0 Å². The Morgan fingerprint density at radius 2 is 2.33 bits per heavy atom. The number of nitrogens with one attached hydrogen (secondary N) is 1. The average molecular weight is 246 g/mol. The molecule has 0 saturated carbocycles. The van der Waals surface area contributed by atoms with E-state index in [1.807, 2.05) is 43.1 Å². The van der Waals surface area contributed by atoms with Crippen molar-refractivity contribution in [3.8, 4) is 0 Å². The quantitative estimate of drug-likeness (QED) is 0.885. The van der Waals surface area contributed by atoms with Crippen LogP contribution in [-0.2, 0) is 0 Å². The van der Waals surface area contributed by atoms with Gasteiger partial charge in [-0.05, 0) is 50.9 Å². The molecule has 0 aromatic heterocycles. The van der Waals surface area contributed by atoms with Crippen molar-refractivity contribution < 1.29 is 4.79 Å². The lowest BCUT2D eigenvalue weighted by atomic mass is 9.99.